The molecule has 0 amide bonds. The Morgan fingerprint density at radius 2 is 1.64 bits per heavy atom. The normalized spacial score (nSPS) is 53.7. The second-order valence-electron chi connectivity index (χ2n) is 15.5. The summed E-state index contributed by atoms with van der Waals surface area (Å²) in [5, 5.41) is 10.5. The Morgan fingerprint density at radius 1 is 0.944 bits per heavy atom. The fraction of sp³-hybridized carbons (Fsp3) is 0.906. The summed E-state index contributed by atoms with van der Waals surface area (Å²) in [5.41, 5.74) is 2.03. The van der Waals surface area contributed by atoms with Crippen molar-refractivity contribution in [3.8, 4) is 0 Å². The Kier molecular flexibility index (Phi) is 6.17. The second-order valence-corrected chi connectivity index (χ2v) is 15.5. The van der Waals surface area contributed by atoms with Crippen LogP contribution in [0.4, 0.5) is 0 Å². The molecule has 1 N–H and O–H groups in total. The van der Waals surface area contributed by atoms with Crippen LogP contribution < -0.4 is 0 Å². The van der Waals surface area contributed by atoms with Gasteiger partial charge in [0.25, 0.3) is 0 Å². The van der Waals surface area contributed by atoms with Crippen LogP contribution in [0.15, 0.2) is 11.6 Å². The topological polar surface area (TPSA) is 55.8 Å². The van der Waals surface area contributed by atoms with E-state index in [0.717, 1.165) is 31.6 Å². The maximum Gasteiger partial charge on any atom is 0.302 e. The first kappa shape index (κ1) is 26.7. The minimum Gasteiger partial charge on any atom is -0.462 e. The van der Waals surface area contributed by atoms with E-state index in [0.29, 0.717) is 23.2 Å². The third-order valence-electron chi connectivity index (χ3n) is 13.7. The van der Waals surface area contributed by atoms with E-state index in [4.69, 9.17) is 9.62 Å². The Bertz CT molecular complexity index is 938. The van der Waals surface area contributed by atoms with E-state index in [1.165, 1.54) is 32.6 Å². The molecule has 0 aromatic heterocycles. The van der Waals surface area contributed by atoms with Crippen molar-refractivity contribution in [2.75, 3.05) is 0 Å². The van der Waals surface area contributed by atoms with Gasteiger partial charge in [-0.15, -0.1) is 0 Å². The Labute approximate surface area is 219 Å². The summed E-state index contributed by atoms with van der Waals surface area (Å²) in [5.74, 6) is 2.43. The van der Waals surface area contributed by atoms with E-state index in [9.17, 15) is 10.1 Å². The first-order valence-corrected chi connectivity index (χ1v) is 14.9. The zero-order valence-corrected chi connectivity index (χ0v) is 24.4. The molecule has 0 bridgehead atoms. The first-order valence-electron chi connectivity index (χ1n) is 14.9. The van der Waals surface area contributed by atoms with Crippen molar-refractivity contribution in [3.05, 3.63) is 11.6 Å². The third kappa shape index (κ3) is 3.34. The molecule has 0 aromatic carbocycles. The van der Waals surface area contributed by atoms with Crippen molar-refractivity contribution in [1.29, 1.82) is 0 Å². The molecule has 0 heterocycles. The highest BCUT2D eigenvalue weighted by Gasteiger charge is 2.70. The summed E-state index contributed by atoms with van der Waals surface area (Å²) in [6.45, 7) is 21.2. The Hall–Kier alpha value is -0.870. The van der Waals surface area contributed by atoms with Crippen molar-refractivity contribution in [2.45, 2.75) is 126 Å². The first-order chi connectivity index (χ1) is 16.7. The molecule has 0 saturated heterocycles. The summed E-state index contributed by atoms with van der Waals surface area (Å²) in [7, 11) is 0. The fourth-order valence-corrected chi connectivity index (χ4v) is 11.4. The molecule has 5 rings (SSSR count). The van der Waals surface area contributed by atoms with Crippen molar-refractivity contribution >= 4 is 5.97 Å². The van der Waals surface area contributed by atoms with E-state index < -0.39 is 0 Å². The number of hydrogen-bond donors (Lipinski definition) is 1. The van der Waals surface area contributed by atoms with Crippen molar-refractivity contribution < 1.29 is 19.7 Å². The predicted octanol–water partition coefficient (Wildman–Crippen LogP) is 8.06. The van der Waals surface area contributed by atoms with Crippen molar-refractivity contribution in [1.82, 2.24) is 0 Å². The highest BCUT2D eigenvalue weighted by molar-refractivity contribution is 5.66. The zero-order valence-electron chi connectivity index (χ0n) is 24.4. The molecule has 4 fully saturated rings. The number of allylic oxidation sites excluding steroid dienone is 1. The van der Waals surface area contributed by atoms with Gasteiger partial charge in [0.2, 0.25) is 0 Å². The standard InChI is InChI=1S/C32H52O4/c1-19-10-13-29(6)16-17-31(8)22(26(29)20(19)2)18-23(36-34)27-30(7)14-12-25(35-21(3)33)28(4,5)24(30)11-15-32(27,31)9/h18-20,23-27,34H,10-17H2,1-9H3/t19-,20+,23-,24+,25+,26+,27-,29-,30+,31-,32-/m1/s1. The highest BCUT2D eigenvalue weighted by atomic mass is 17.1. The highest BCUT2D eigenvalue weighted by Crippen LogP contribution is 2.76. The van der Waals surface area contributed by atoms with E-state index in [2.05, 4.69) is 61.5 Å². The summed E-state index contributed by atoms with van der Waals surface area (Å²) in [4.78, 5) is 17.4. The van der Waals surface area contributed by atoms with Gasteiger partial charge in [-0.3, -0.25) is 10.1 Å². The van der Waals surface area contributed by atoms with Crippen LogP contribution in [0.1, 0.15) is 114 Å². The summed E-state index contributed by atoms with van der Waals surface area (Å²) < 4.78 is 5.88. The molecule has 0 aliphatic heterocycles. The van der Waals surface area contributed by atoms with Gasteiger partial charge in [-0.2, -0.15) is 0 Å². The van der Waals surface area contributed by atoms with Gasteiger partial charge in [0, 0.05) is 18.3 Å². The average molecular weight is 501 g/mol. The van der Waals surface area contributed by atoms with Gasteiger partial charge in [0.1, 0.15) is 12.2 Å². The monoisotopic (exact) mass is 500 g/mol. The molecule has 11 atom stereocenters. The van der Waals surface area contributed by atoms with E-state index in [-0.39, 0.29) is 45.8 Å². The largest absolute Gasteiger partial charge is 0.462 e. The molecule has 0 spiro atoms. The summed E-state index contributed by atoms with van der Waals surface area (Å²) in [6.07, 6.45) is 11.4. The Morgan fingerprint density at radius 3 is 2.28 bits per heavy atom. The molecule has 204 valence electrons. The number of ether oxygens (including phenoxy) is 1. The Balaban J connectivity index is 1.61. The number of carbonyl (C=O) groups is 1. The molecule has 4 nitrogen and oxygen atoms in total. The average Bonchev–Trinajstić information content (AvgIpc) is 2.79. The predicted molar refractivity (Wildman–Crippen MR) is 143 cm³/mol. The smallest absolute Gasteiger partial charge is 0.302 e. The van der Waals surface area contributed by atoms with Gasteiger partial charge in [0.15, 0.2) is 0 Å². The molecule has 4 heteroatoms. The van der Waals surface area contributed by atoms with Crippen LogP contribution in [0.2, 0.25) is 0 Å². The third-order valence-corrected chi connectivity index (χ3v) is 13.7. The SMILES string of the molecule is CC(=O)O[C@H]1CC[C@]2(C)[C@H]3[C@H](OO)C=C4[C@@H]5[C@@H](C)[C@H](C)CC[C@]5(C)CC[C@@]4(C)[C@]3(C)CC[C@H]2C1(C)C. The van der Waals surface area contributed by atoms with Crippen LogP contribution in [0.5, 0.6) is 0 Å². The van der Waals surface area contributed by atoms with E-state index in [1.54, 1.807) is 5.57 Å². The molecule has 0 radical (unpaired) electrons. The zero-order chi connectivity index (χ0) is 26.5. The van der Waals surface area contributed by atoms with Crippen molar-refractivity contribution in [3.63, 3.8) is 0 Å². The van der Waals surface area contributed by atoms with Crippen LogP contribution in [0, 0.1) is 56.7 Å². The van der Waals surface area contributed by atoms with Crippen LogP contribution in [-0.2, 0) is 14.4 Å². The minimum atomic E-state index is -0.279. The van der Waals surface area contributed by atoms with Crippen molar-refractivity contribution in [2.24, 2.45) is 56.7 Å². The van der Waals surface area contributed by atoms with Crippen LogP contribution in [0.3, 0.4) is 0 Å². The lowest BCUT2D eigenvalue weighted by Gasteiger charge is -2.72. The minimum absolute atomic E-state index is 0.0117. The summed E-state index contributed by atoms with van der Waals surface area (Å²) >= 11 is 0. The number of rotatable bonds is 2. The molecular weight excluding hydrogens is 448 g/mol. The van der Waals surface area contributed by atoms with Crippen LogP contribution in [-0.4, -0.2) is 23.4 Å². The number of carbonyl (C=O) groups excluding carboxylic acids is 1. The molecule has 36 heavy (non-hydrogen) atoms. The van der Waals surface area contributed by atoms with Crippen LogP contribution >= 0.6 is 0 Å². The lowest BCUT2D eigenvalue weighted by atomic mass is 9.33. The quantitative estimate of drug-likeness (QED) is 0.180. The second kappa shape index (κ2) is 8.31. The maximum atomic E-state index is 11.9. The number of esters is 1. The lowest BCUT2D eigenvalue weighted by molar-refractivity contribution is -0.323. The molecule has 0 aromatic rings. The number of fused-ring (bicyclic) bond motifs is 7. The van der Waals surface area contributed by atoms with Gasteiger partial charge in [-0.1, -0.05) is 67.0 Å². The molecule has 5 aliphatic rings. The van der Waals surface area contributed by atoms with Gasteiger partial charge in [-0.05, 0) is 96.7 Å². The number of hydrogen-bond acceptors (Lipinski definition) is 4. The van der Waals surface area contributed by atoms with Gasteiger partial charge in [-0.25, -0.2) is 4.89 Å². The molecule has 5 aliphatic carbocycles. The van der Waals surface area contributed by atoms with Crippen LogP contribution in [0.25, 0.3) is 0 Å². The van der Waals surface area contributed by atoms with Gasteiger partial charge < -0.3 is 4.74 Å². The molecule has 0 unspecified atom stereocenters. The molecule has 4 saturated carbocycles. The fourth-order valence-electron chi connectivity index (χ4n) is 11.4. The maximum absolute atomic E-state index is 11.9. The van der Waals surface area contributed by atoms with E-state index >= 15 is 0 Å². The van der Waals surface area contributed by atoms with Gasteiger partial charge in [0.05, 0.1) is 0 Å². The molecular formula is C32H52O4. The summed E-state index contributed by atoms with van der Waals surface area (Å²) in [6, 6.07) is 0. The van der Waals surface area contributed by atoms with E-state index in [1.807, 2.05) is 0 Å². The lowest BCUT2D eigenvalue weighted by Crippen LogP contribution is -2.68. The van der Waals surface area contributed by atoms with Gasteiger partial charge >= 0.3 is 5.97 Å².